The lowest BCUT2D eigenvalue weighted by Gasteiger charge is -2.29. The third kappa shape index (κ3) is 1.87. The summed E-state index contributed by atoms with van der Waals surface area (Å²) < 4.78 is 5.96. The lowest BCUT2D eigenvalue weighted by molar-refractivity contribution is -0.000842. The first-order chi connectivity index (χ1) is 8.75. The van der Waals surface area contributed by atoms with Gasteiger partial charge in [0.2, 0.25) is 0 Å². The Labute approximate surface area is 109 Å². The number of nitrogens with zero attached hydrogens (tertiary/aromatic N) is 1. The molecule has 0 saturated carbocycles. The van der Waals surface area contributed by atoms with E-state index in [9.17, 15) is 0 Å². The zero-order valence-electron chi connectivity index (χ0n) is 11.0. The van der Waals surface area contributed by atoms with E-state index in [0.29, 0.717) is 18.5 Å². The molecular formula is C15H22N2O. The van der Waals surface area contributed by atoms with E-state index in [1.165, 1.54) is 5.56 Å². The van der Waals surface area contributed by atoms with Crippen LogP contribution in [0.15, 0.2) is 30.3 Å². The summed E-state index contributed by atoms with van der Waals surface area (Å²) in [5.41, 5.74) is 7.27. The molecule has 2 aliphatic heterocycles. The predicted octanol–water partition coefficient (Wildman–Crippen LogP) is 1.80. The average Bonchev–Trinajstić information content (AvgIpc) is 2.95. The first-order valence-corrected chi connectivity index (χ1v) is 6.88. The number of rotatable bonds is 3. The molecule has 3 heteroatoms. The fourth-order valence-corrected chi connectivity index (χ4v) is 3.44. The maximum absolute atomic E-state index is 5.96. The Morgan fingerprint density at radius 2 is 2.22 bits per heavy atom. The van der Waals surface area contributed by atoms with Crippen LogP contribution in [0.4, 0.5) is 0 Å². The fourth-order valence-electron chi connectivity index (χ4n) is 3.44. The van der Waals surface area contributed by atoms with Crippen molar-refractivity contribution in [3.05, 3.63) is 35.9 Å². The molecular weight excluding hydrogens is 224 g/mol. The van der Waals surface area contributed by atoms with Crippen LogP contribution in [0.25, 0.3) is 0 Å². The highest BCUT2D eigenvalue weighted by molar-refractivity contribution is 5.19. The Bertz CT molecular complexity index is 408. The van der Waals surface area contributed by atoms with Crippen molar-refractivity contribution in [3.63, 3.8) is 0 Å². The highest BCUT2D eigenvalue weighted by Crippen LogP contribution is 2.41. The van der Waals surface area contributed by atoms with E-state index in [1.807, 2.05) is 0 Å². The molecule has 2 saturated heterocycles. The summed E-state index contributed by atoms with van der Waals surface area (Å²) in [6.07, 6.45) is 1.16. The minimum Gasteiger partial charge on any atom is -0.372 e. The largest absolute Gasteiger partial charge is 0.372 e. The van der Waals surface area contributed by atoms with Gasteiger partial charge in [-0.25, -0.2) is 0 Å². The number of ether oxygens (including phenoxy) is 1. The molecule has 3 rings (SSSR count). The molecule has 1 aromatic rings. The van der Waals surface area contributed by atoms with Crippen LogP contribution in [0.5, 0.6) is 0 Å². The van der Waals surface area contributed by atoms with Gasteiger partial charge in [-0.3, -0.25) is 4.90 Å². The first-order valence-electron chi connectivity index (χ1n) is 6.88. The average molecular weight is 246 g/mol. The number of likely N-dealkylation sites (tertiary alicyclic amines) is 1. The van der Waals surface area contributed by atoms with E-state index >= 15 is 0 Å². The van der Waals surface area contributed by atoms with E-state index in [0.717, 1.165) is 26.1 Å². The first kappa shape index (κ1) is 12.2. The topological polar surface area (TPSA) is 38.5 Å². The van der Waals surface area contributed by atoms with E-state index in [2.05, 4.69) is 42.2 Å². The third-order valence-electron chi connectivity index (χ3n) is 4.70. The monoisotopic (exact) mass is 246 g/mol. The Kier molecular flexibility index (Phi) is 3.14. The van der Waals surface area contributed by atoms with Crippen LogP contribution in [-0.4, -0.2) is 36.7 Å². The highest BCUT2D eigenvalue weighted by Gasteiger charge is 2.50. The van der Waals surface area contributed by atoms with E-state index in [1.54, 1.807) is 0 Å². The number of nitrogens with two attached hydrogens (primary N) is 1. The van der Waals surface area contributed by atoms with Crippen LogP contribution in [0.3, 0.4) is 0 Å². The van der Waals surface area contributed by atoms with Gasteiger partial charge in [-0.15, -0.1) is 0 Å². The molecule has 18 heavy (non-hydrogen) atoms. The Morgan fingerprint density at radius 1 is 1.44 bits per heavy atom. The van der Waals surface area contributed by atoms with Crippen molar-refractivity contribution in [2.75, 3.05) is 26.2 Å². The van der Waals surface area contributed by atoms with E-state index in [4.69, 9.17) is 10.5 Å². The molecule has 98 valence electrons. The molecule has 0 aliphatic carbocycles. The van der Waals surface area contributed by atoms with Crippen molar-refractivity contribution in [1.29, 1.82) is 0 Å². The Hall–Kier alpha value is -0.900. The quantitative estimate of drug-likeness (QED) is 0.884. The Balaban J connectivity index is 1.76. The van der Waals surface area contributed by atoms with Crippen LogP contribution in [0.1, 0.15) is 24.9 Å². The van der Waals surface area contributed by atoms with Crippen molar-refractivity contribution in [2.45, 2.75) is 25.0 Å². The van der Waals surface area contributed by atoms with Gasteiger partial charge in [0, 0.05) is 38.2 Å². The van der Waals surface area contributed by atoms with Gasteiger partial charge in [-0.05, 0) is 18.9 Å². The Morgan fingerprint density at radius 3 is 2.89 bits per heavy atom. The van der Waals surface area contributed by atoms with Crippen molar-refractivity contribution >= 4 is 0 Å². The molecule has 0 aromatic heterocycles. The zero-order valence-corrected chi connectivity index (χ0v) is 11.0. The van der Waals surface area contributed by atoms with Crippen molar-refractivity contribution in [1.82, 2.24) is 4.90 Å². The molecule has 2 N–H and O–H groups in total. The lowest BCUT2D eigenvalue weighted by atomic mass is 9.91. The van der Waals surface area contributed by atoms with Gasteiger partial charge in [0.25, 0.3) is 0 Å². The van der Waals surface area contributed by atoms with Crippen molar-refractivity contribution in [2.24, 2.45) is 11.7 Å². The van der Waals surface area contributed by atoms with Crippen LogP contribution < -0.4 is 5.73 Å². The molecule has 0 spiro atoms. The molecule has 1 aromatic carbocycles. The summed E-state index contributed by atoms with van der Waals surface area (Å²) in [6, 6.07) is 11.1. The second-order valence-corrected chi connectivity index (χ2v) is 5.62. The highest BCUT2D eigenvalue weighted by atomic mass is 16.5. The van der Waals surface area contributed by atoms with E-state index < -0.39 is 0 Å². The zero-order chi connectivity index (χ0) is 12.6. The predicted molar refractivity (Wildman–Crippen MR) is 72.3 cm³/mol. The number of hydrogen-bond donors (Lipinski definition) is 1. The maximum atomic E-state index is 5.96. The van der Waals surface area contributed by atoms with Crippen LogP contribution in [-0.2, 0) is 4.74 Å². The summed E-state index contributed by atoms with van der Waals surface area (Å²) in [5.74, 6) is 0.619. The molecule has 0 amide bonds. The second-order valence-electron chi connectivity index (χ2n) is 5.62. The molecule has 2 aliphatic rings. The molecule has 3 nitrogen and oxygen atoms in total. The summed E-state index contributed by atoms with van der Waals surface area (Å²) in [6.45, 7) is 5.91. The van der Waals surface area contributed by atoms with Gasteiger partial charge in [0.05, 0.1) is 5.60 Å². The fraction of sp³-hybridized carbons (Fsp3) is 0.600. The van der Waals surface area contributed by atoms with Crippen molar-refractivity contribution in [3.8, 4) is 0 Å². The van der Waals surface area contributed by atoms with Gasteiger partial charge in [-0.2, -0.15) is 0 Å². The standard InChI is InChI=1S/C15H22N2O/c1-12(13-5-3-2-4-6-13)17-9-14-7-8-18-15(14,10-16)11-17/h2-6,12,14H,7-11,16H2,1H3/t12-,14-,15+/m0/s1. The maximum Gasteiger partial charge on any atom is 0.0971 e. The summed E-state index contributed by atoms with van der Waals surface area (Å²) in [7, 11) is 0. The molecule has 2 fully saturated rings. The minimum atomic E-state index is -0.0664. The van der Waals surface area contributed by atoms with Gasteiger partial charge < -0.3 is 10.5 Å². The molecule has 3 atom stereocenters. The summed E-state index contributed by atoms with van der Waals surface area (Å²) in [5, 5.41) is 0. The molecule has 0 unspecified atom stereocenters. The van der Waals surface area contributed by atoms with Gasteiger partial charge in [0.1, 0.15) is 0 Å². The molecule has 0 radical (unpaired) electrons. The minimum absolute atomic E-state index is 0.0664. The molecule has 0 bridgehead atoms. The van der Waals surface area contributed by atoms with Gasteiger partial charge in [-0.1, -0.05) is 30.3 Å². The van der Waals surface area contributed by atoms with Crippen LogP contribution >= 0.6 is 0 Å². The van der Waals surface area contributed by atoms with Crippen LogP contribution in [0.2, 0.25) is 0 Å². The molecule has 2 heterocycles. The third-order valence-corrected chi connectivity index (χ3v) is 4.70. The van der Waals surface area contributed by atoms with Gasteiger partial charge >= 0.3 is 0 Å². The van der Waals surface area contributed by atoms with Gasteiger partial charge in [0.15, 0.2) is 0 Å². The number of benzene rings is 1. The second kappa shape index (κ2) is 4.65. The lowest BCUT2D eigenvalue weighted by Crippen LogP contribution is -2.44. The summed E-state index contributed by atoms with van der Waals surface area (Å²) in [4.78, 5) is 2.52. The van der Waals surface area contributed by atoms with Crippen molar-refractivity contribution < 1.29 is 4.74 Å². The number of hydrogen-bond acceptors (Lipinski definition) is 3. The number of fused-ring (bicyclic) bond motifs is 1. The smallest absolute Gasteiger partial charge is 0.0971 e. The summed E-state index contributed by atoms with van der Waals surface area (Å²) >= 11 is 0. The van der Waals surface area contributed by atoms with Crippen LogP contribution in [0, 0.1) is 5.92 Å². The van der Waals surface area contributed by atoms with E-state index in [-0.39, 0.29) is 5.60 Å². The SMILES string of the molecule is C[C@@H](c1ccccc1)N1C[C@@H]2CCO[C@]2(CN)C1. The normalized spacial score (nSPS) is 33.6.